The molecule has 0 atom stereocenters. The van der Waals surface area contributed by atoms with Gasteiger partial charge < -0.3 is 0 Å². The van der Waals surface area contributed by atoms with Crippen LogP contribution < -0.4 is 5.32 Å². The topological polar surface area (TPSA) is 72.7 Å². The van der Waals surface area contributed by atoms with E-state index in [1.165, 1.54) is 10.9 Å². The number of aromatic nitrogens is 4. The summed E-state index contributed by atoms with van der Waals surface area (Å²) in [7, 11) is 1.63. The van der Waals surface area contributed by atoms with Gasteiger partial charge in [-0.25, -0.2) is 0 Å². The Bertz CT molecular complexity index is 336. The summed E-state index contributed by atoms with van der Waals surface area (Å²) < 4.78 is 0. The van der Waals surface area contributed by atoms with Crippen LogP contribution in [0.25, 0.3) is 0 Å². The molecule has 1 amide bonds. The van der Waals surface area contributed by atoms with Crippen molar-refractivity contribution in [2.24, 2.45) is 7.05 Å². The molecule has 1 N–H and O–H groups in total. The third-order valence-corrected chi connectivity index (χ3v) is 1.16. The molecule has 0 unspecified atom stereocenters. The third-order valence-electron chi connectivity index (χ3n) is 1.16. The second kappa shape index (κ2) is 3.79. The van der Waals surface area contributed by atoms with E-state index in [4.69, 9.17) is 0 Å². The number of anilines is 1. The van der Waals surface area contributed by atoms with E-state index in [0.717, 1.165) is 5.57 Å². The highest BCUT2D eigenvalue weighted by molar-refractivity contribution is 5.98. The van der Waals surface area contributed by atoms with Crippen LogP contribution in [0.1, 0.15) is 13.8 Å². The number of nitrogens with one attached hydrogen (secondary N) is 1. The number of rotatable bonds is 2. The summed E-state index contributed by atoms with van der Waals surface area (Å²) in [5.41, 5.74) is 0.918. The molecule has 0 radical (unpaired) electrons. The van der Waals surface area contributed by atoms with Gasteiger partial charge in [0.05, 0.1) is 7.05 Å². The molecule has 1 rings (SSSR count). The molecule has 0 saturated heterocycles. The largest absolute Gasteiger partial charge is 0.288 e. The highest BCUT2D eigenvalue weighted by Crippen LogP contribution is 1.94. The second-order valence-electron chi connectivity index (χ2n) is 2.81. The highest BCUT2D eigenvalue weighted by atomic mass is 16.1. The Hall–Kier alpha value is -1.72. The van der Waals surface area contributed by atoms with Crippen LogP contribution in [0.3, 0.4) is 0 Å². The average molecular weight is 181 g/mol. The summed E-state index contributed by atoms with van der Waals surface area (Å²) in [6.45, 7) is 3.67. The first kappa shape index (κ1) is 9.37. The van der Waals surface area contributed by atoms with Gasteiger partial charge in [-0.2, -0.15) is 4.80 Å². The summed E-state index contributed by atoms with van der Waals surface area (Å²) in [4.78, 5) is 12.4. The van der Waals surface area contributed by atoms with Crippen LogP contribution in [0.5, 0.6) is 0 Å². The second-order valence-corrected chi connectivity index (χ2v) is 2.81. The molecule has 13 heavy (non-hydrogen) atoms. The van der Waals surface area contributed by atoms with Gasteiger partial charge in [0, 0.05) is 6.08 Å². The number of hydrogen-bond donors (Lipinski definition) is 1. The van der Waals surface area contributed by atoms with Crippen molar-refractivity contribution < 1.29 is 4.79 Å². The van der Waals surface area contributed by atoms with E-state index in [0.29, 0.717) is 0 Å². The van der Waals surface area contributed by atoms with Crippen molar-refractivity contribution in [1.29, 1.82) is 0 Å². The minimum Gasteiger partial charge on any atom is -0.288 e. The molecule has 6 heteroatoms. The lowest BCUT2D eigenvalue weighted by molar-refractivity contribution is -0.112. The van der Waals surface area contributed by atoms with Crippen molar-refractivity contribution in [3.05, 3.63) is 11.6 Å². The number of allylic oxidation sites excluding steroid dienone is 1. The van der Waals surface area contributed by atoms with Crippen LogP contribution in [-0.4, -0.2) is 26.1 Å². The van der Waals surface area contributed by atoms with E-state index in [2.05, 4.69) is 20.7 Å². The minimum absolute atomic E-state index is 0.213. The first-order valence-electron chi connectivity index (χ1n) is 3.78. The summed E-state index contributed by atoms with van der Waals surface area (Å²) in [6.07, 6.45) is 1.47. The zero-order valence-corrected chi connectivity index (χ0v) is 7.77. The maximum Gasteiger partial charge on any atom is 0.270 e. The van der Waals surface area contributed by atoms with Crippen molar-refractivity contribution in [1.82, 2.24) is 20.2 Å². The van der Waals surface area contributed by atoms with E-state index in [-0.39, 0.29) is 11.9 Å². The Balaban J connectivity index is 2.60. The molecular weight excluding hydrogens is 170 g/mol. The lowest BCUT2D eigenvalue weighted by Crippen LogP contribution is -2.10. The number of carbonyl (C=O) groups excluding carboxylic acids is 1. The zero-order valence-electron chi connectivity index (χ0n) is 7.77. The number of tetrazole rings is 1. The van der Waals surface area contributed by atoms with Crippen molar-refractivity contribution in [3.8, 4) is 0 Å². The van der Waals surface area contributed by atoms with Gasteiger partial charge in [-0.05, 0) is 19.1 Å². The van der Waals surface area contributed by atoms with Gasteiger partial charge in [0.2, 0.25) is 0 Å². The number of carbonyl (C=O) groups is 1. The SMILES string of the molecule is CC(C)=CC(=O)Nc1nnn(C)n1. The summed E-state index contributed by atoms with van der Waals surface area (Å²) in [5, 5.41) is 13.4. The molecule has 0 aromatic carbocycles. The molecule has 0 bridgehead atoms. The van der Waals surface area contributed by atoms with E-state index >= 15 is 0 Å². The van der Waals surface area contributed by atoms with E-state index < -0.39 is 0 Å². The van der Waals surface area contributed by atoms with Crippen LogP contribution in [0.4, 0.5) is 5.95 Å². The predicted molar refractivity (Wildman–Crippen MR) is 46.9 cm³/mol. The Morgan fingerprint density at radius 2 is 2.23 bits per heavy atom. The summed E-state index contributed by atoms with van der Waals surface area (Å²) >= 11 is 0. The van der Waals surface area contributed by atoms with Gasteiger partial charge >= 0.3 is 0 Å². The van der Waals surface area contributed by atoms with Crippen LogP contribution in [0, 0.1) is 0 Å². The standard InChI is InChI=1S/C7H11N5O/c1-5(2)4-6(13)8-7-9-11-12(3)10-7/h4H,1-3H3,(H,8,10,13). The number of hydrogen-bond acceptors (Lipinski definition) is 4. The van der Waals surface area contributed by atoms with Gasteiger partial charge in [0.1, 0.15) is 0 Å². The molecule has 0 aliphatic carbocycles. The minimum atomic E-state index is -0.243. The maximum atomic E-state index is 11.1. The van der Waals surface area contributed by atoms with Gasteiger partial charge in [-0.3, -0.25) is 10.1 Å². The van der Waals surface area contributed by atoms with Gasteiger partial charge in [-0.1, -0.05) is 10.7 Å². The molecule has 0 aliphatic heterocycles. The number of amides is 1. The smallest absolute Gasteiger partial charge is 0.270 e. The third kappa shape index (κ3) is 3.02. The number of aryl methyl sites for hydroxylation is 1. The molecule has 0 aliphatic rings. The van der Waals surface area contributed by atoms with Crippen LogP contribution in [0.15, 0.2) is 11.6 Å². The van der Waals surface area contributed by atoms with Crippen molar-refractivity contribution in [3.63, 3.8) is 0 Å². The van der Waals surface area contributed by atoms with Crippen molar-refractivity contribution >= 4 is 11.9 Å². The Labute approximate surface area is 75.6 Å². The van der Waals surface area contributed by atoms with Gasteiger partial charge in [0.25, 0.3) is 11.9 Å². The summed E-state index contributed by atoms with van der Waals surface area (Å²) in [5.74, 6) is -0.0296. The number of nitrogens with zero attached hydrogens (tertiary/aromatic N) is 4. The van der Waals surface area contributed by atoms with Crippen LogP contribution >= 0.6 is 0 Å². The van der Waals surface area contributed by atoms with E-state index in [1.807, 2.05) is 13.8 Å². The molecule has 0 saturated carbocycles. The first-order valence-corrected chi connectivity index (χ1v) is 3.78. The van der Waals surface area contributed by atoms with Crippen molar-refractivity contribution in [2.75, 3.05) is 5.32 Å². The van der Waals surface area contributed by atoms with Crippen LogP contribution in [-0.2, 0) is 11.8 Å². The van der Waals surface area contributed by atoms with Crippen molar-refractivity contribution in [2.45, 2.75) is 13.8 Å². The zero-order chi connectivity index (χ0) is 9.84. The normalized spacial score (nSPS) is 9.46. The molecule has 1 aromatic heterocycles. The lowest BCUT2D eigenvalue weighted by Gasteiger charge is -1.93. The lowest BCUT2D eigenvalue weighted by atomic mass is 10.3. The monoisotopic (exact) mass is 181 g/mol. The maximum absolute atomic E-state index is 11.1. The molecular formula is C7H11N5O. The Morgan fingerprint density at radius 1 is 1.54 bits per heavy atom. The molecule has 1 aromatic rings. The highest BCUT2D eigenvalue weighted by Gasteiger charge is 2.02. The average Bonchev–Trinajstić information content (AvgIpc) is 2.33. The quantitative estimate of drug-likeness (QED) is 0.657. The van der Waals surface area contributed by atoms with Gasteiger partial charge in [0.15, 0.2) is 0 Å². The fourth-order valence-corrected chi connectivity index (χ4v) is 0.743. The van der Waals surface area contributed by atoms with Crippen LogP contribution in [0.2, 0.25) is 0 Å². The first-order chi connectivity index (χ1) is 6.08. The molecule has 0 fully saturated rings. The predicted octanol–water partition coefficient (Wildman–Crippen LogP) is 0.115. The molecule has 1 heterocycles. The Kier molecular flexibility index (Phi) is 2.73. The Morgan fingerprint density at radius 3 is 2.69 bits per heavy atom. The van der Waals surface area contributed by atoms with E-state index in [9.17, 15) is 4.79 Å². The molecule has 0 spiro atoms. The summed E-state index contributed by atoms with van der Waals surface area (Å²) in [6, 6.07) is 0. The van der Waals surface area contributed by atoms with Gasteiger partial charge in [-0.15, -0.1) is 5.10 Å². The fourth-order valence-electron chi connectivity index (χ4n) is 0.743. The molecule has 70 valence electrons. The fraction of sp³-hybridized carbons (Fsp3) is 0.429. The molecule has 6 nitrogen and oxygen atoms in total. The van der Waals surface area contributed by atoms with E-state index in [1.54, 1.807) is 7.05 Å².